The highest BCUT2D eigenvalue weighted by molar-refractivity contribution is 7.80. The van der Waals surface area contributed by atoms with E-state index in [1.165, 1.54) is 0 Å². The third-order valence-corrected chi connectivity index (χ3v) is 1.84. The molecule has 1 heterocycles. The average molecular weight is 196 g/mol. The Morgan fingerprint density at radius 3 is 2.77 bits per heavy atom. The van der Waals surface area contributed by atoms with Crippen LogP contribution in [0.2, 0.25) is 0 Å². The summed E-state index contributed by atoms with van der Waals surface area (Å²) in [5.74, 6) is 0. The van der Waals surface area contributed by atoms with Crippen molar-refractivity contribution in [2.24, 2.45) is 0 Å². The van der Waals surface area contributed by atoms with Crippen LogP contribution in [0.15, 0.2) is 12.4 Å². The first-order valence-corrected chi connectivity index (χ1v) is 4.36. The summed E-state index contributed by atoms with van der Waals surface area (Å²) in [6, 6.07) is 0. The number of hydrogen-bond acceptors (Lipinski definition) is 3. The van der Waals surface area contributed by atoms with E-state index >= 15 is 0 Å². The van der Waals surface area contributed by atoms with Crippen molar-refractivity contribution in [1.82, 2.24) is 20.6 Å². The summed E-state index contributed by atoms with van der Waals surface area (Å²) < 4.78 is 0. The molecular formula is C8H12N4S. The molecule has 1 rings (SSSR count). The third-order valence-electron chi connectivity index (χ3n) is 1.49. The largest absolute Gasteiger partial charge is 0.366 e. The molecule has 1 aromatic rings. The van der Waals surface area contributed by atoms with Gasteiger partial charge in [0, 0.05) is 13.2 Å². The predicted octanol–water partition coefficient (Wildman–Crippen LogP) is 0.379. The van der Waals surface area contributed by atoms with Crippen LogP contribution in [0.4, 0.5) is 0 Å². The molecule has 0 spiro atoms. The molecule has 0 radical (unpaired) electrons. The van der Waals surface area contributed by atoms with Crippen LogP contribution in [0.1, 0.15) is 11.4 Å². The molecule has 1 aromatic heterocycles. The second-order valence-electron chi connectivity index (χ2n) is 2.58. The Morgan fingerprint density at radius 1 is 1.46 bits per heavy atom. The number of thiocarbonyl (C=S) groups is 1. The Bertz CT molecular complexity index is 283. The topological polar surface area (TPSA) is 49.8 Å². The molecule has 0 amide bonds. The highest BCUT2D eigenvalue weighted by atomic mass is 32.1. The van der Waals surface area contributed by atoms with Gasteiger partial charge in [-0.15, -0.1) is 0 Å². The summed E-state index contributed by atoms with van der Waals surface area (Å²) in [5, 5.41) is 6.42. The van der Waals surface area contributed by atoms with Gasteiger partial charge in [0.2, 0.25) is 0 Å². The first kappa shape index (κ1) is 9.85. The molecule has 0 fully saturated rings. The van der Waals surface area contributed by atoms with Crippen molar-refractivity contribution >= 4 is 17.3 Å². The zero-order valence-electron chi connectivity index (χ0n) is 7.66. The van der Waals surface area contributed by atoms with Gasteiger partial charge in [-0.25, -0.2) is 0 Å². The molecule has 0 saturated carbocycles. The van der Waals surface area contributed by atoms with Gasteiger partial charge in [-0.05, 0) is 19.1 Å². The summed E-state index contributed by atoms with van der Waals surface area (Å²) in [5.41, 5.74) is 1.79. The van der Waals surface area contributed by atoms with Crippen LogP contribution < -0.4 is 10.6 Å². The zero-order chi connectivity index (χ0) is 9.68. The van der Waals surface area contributed by atoms with Crippen LogP contribution in [-0.2, 0) is 6.54 Å². The lowest BCUT2D eigenvalue weighted by Gasteiger charge is -2.05. The van der Waals surface area contributed by atoms with E-state index in [2.05, 4.69) is 20.6 Å². The number of aryl methyl sites for hydroxylation is 1. The Kier molecular flexibility index (Phi) is 3.57. The van der Waals surface area contributed by atoms with Gasteiger partial charge in [0.25, 0.3) is 0 Å². The number of hydrogen-bond donors (Lipinski definition) is 2. The molecular weight excluding hydrogens is 184 g/mol. The second kappa shape index (κ2) is 4.71. The van der Waals surface area contributed by atoms with Crippen LogP contribution in [0, 0.1) is 6.92 Å². The zero-order valence-corrected chi connectivity index (χ0v) is 8.48. The minimum Gasteiger partial charge on any atom is -0.366 e. The van der Waals surface area contributed by atoms with Gasteiger partial charge < -0.3 is 10.6 Å². The SMILES string of the molecule is CNC(=S)NCc1cnc(C)cn1. The van der Waals surface area contributed by atoms with Crippen molar-refractivity contribution in [3.63, 3.8) is 0 Å². The number of rotatable bonds is 2. The molecule has 0 aliphatic rings. The smallest absolute Gasteiger partial charge is 0.166 e. The van der Waals surface area contributed by atoms with E-state index in [0.29, 0.717) is 11.7 Å². The standard InChI is InChI=1S/C8H12N4S/c1-6-3-11-7(4-10-6)5-12-8(13)9-2/h3-4H,5H2,1-2H3,(H2,9,12,13). The maximum Gasteiger partial charge on any atom is 0.166 e. The third kappa shape index (κ3) is 3.33. The summed E-state index contributed by atoms with van der Waals surface area (Å²) in [6.07, 6.45) is 3.47. The fourth-order valence-corrected chi connectivity index (χ4v) is 0.842. The van der Waals surface area contributed by atoms with Gasteiger partial charge in [0.05, 0.1) is 24.1 Å². The lowest BCUT2D eigenvalue weighted by molar-refractivity contribution is 0.842. The first-order valence-electron chi connectivity index (χ1n) is 3.95. The number of nitrogens with zero attached hydrogens (tertiary/aromatic N) is 2. The fourth-order valence-electron chi connectivity index (χ4n) is 0.770. The van der Waals surface area contributed by atoms with Crippen LogP contribution >= 0.6 is 12.2 Å². The summed E-state index contributed by atoms with van der Waals surface area (Å²) in [6.45, 7) is 2.51. The van der Waals surface area contributed by atoms with Crippen molar-refractivity contribution in [2.45, 2.75) is 13.5 Å². The van der Waals surface area contributed by atoms with Crippen molar-refractivity contribution in [2.75, 3.05) is 7.05 Å². The van der Waals surface area contributed by atoms with Gasteiger partial charge in [0.1, 0.15) is 0 Å². The Hall–Kier alpha value is -1.23. The molecule has 0 aliphatic carbocycles. The van der Waals surface area contributed by atoms with Gasteiger partial charge >= 0.3 is 0 Å². The van der Waals surface area contributed by atoms with Crippen molar-refractivity contribution in [3.8, 4) is 0 Å². The molecule has 0 aromatic carbocycles. The van der Waals surface area contributed by atoms with Crippen molar-refractivity contribution in [1.29, 1.82) is 0 Å². The molecule has 0 bridgehead atoms. The molecule has 0 saturated heterocycles. The van der Waals surface area contributed by atoms with E-state index in [1.54, 1.807) is 19.4 Å². The van der Waals surface area contributed by atoms with Gasteiger partial charge in [0.15, 0.2) is 5.11 Å². The molecule has 5 heteroatoms. The number of aromatic nitrogens is 2. The van der Waals surface area contributed by atoms with Crippen molar-refractivity contribution in [3.05, 3.63) is 23.8 Å². The fraction of sp³-hybridized carbons (Fsp3) is 0.375. The molecule has 2 N–H and O–H groups in total. The highest BCUT2D eigenvalue weighted by Gasteiger charge is 1.95. The van der Waals surface area contributed by atoms with Gasteiger partial charge in [-0.2, -0.15) is 0 Å². The van der Waals surface area contributed by atoms with Crippen molar-refractivity contribution < 1.29 is 0 Å². The molecule has 0 aliphatic heterocycles. The molecule has 13 heavy (non-hydrogen) atoms. The monoisotopic (exact) mass is 196 g/mol. The van der Waals surface area contributed by atoms with Gasteiger partial charge in [-0.1, -0.05) is 0 Å². The van der Waals surface area contributed by atoms with Crippen LogP contribution in [0.25, 0.3) is 0 Å². The van der Waals surface area contributed by atoms with Crippen LogP contribution in [-0.4, -0.2) is 22.1 Å². The first-order chi connectivity index (χ1) is 6.22. The Labute approximate surface area is 82.8 Å². The van der Waals surface area contributed by atoms with E-state index in [-0.39, 0.29) is 0 Å². The van der Waals surface area contributed by atoms with E-state index in [1.807, 2.05) is 6.92 Å². The predicted molar refractivity (Wildman–Crippen MR) is 55.3 cm³/mol. The van der Waals surface area contributed by atoms with E-state index in [0.717, 1.165) is 11.4 Å². The minimum atomic E-state index is 0.604. The summed E-state index contributed by atoms with van der Waals surface area (Å²) in [7, 11) is 1.77. The molecule has 0 atom stereocenters. The quantitative estimate of drug-likeness (QED) is 0.670. The Morgan fingerprint density at radius 2 is 2.23 bits per heavy atom. The lowest BCUT2D eigenvalue weighted by atomic mass is 10.4. The molecule has 4 nitrogen and oxygen atoms in total. The number of nitrogens with one attached hydrogen (secondary N) is 2. The van der Waals surface area contributed by atoms with Crippen LogP contribution in [0.5, 0.6) is 0 Å². The lowest BCUT2D eigenvalue weighted by Crippen LogP contribution is -2.32. The summed E-state index contributed by atoms with van der Waals surface area (Å²) >= 11 is 4.91. The van der Waals surface area contributed by atoms with E-state index in [9.17, 15) is 0 Å². The second-order valence-corrected chi connectivity index (χ2v) is 2.99. The minimum absolute atomic E-state index is 0.604. The summed E-state index contributed by atoms with van der Waals surface area (Å²) in [4.78, 5) is 8.29. The maximum atomic E-state index is 4.91. The van der Waals surface area contributed by atoms with Gasteiger partial charge in [-0.3, -0.25) is 9.97 Å². The molecule has 0 unspecified atom stereocenters. The Balaban J connectivity index is 2.46. The highest BCUT2D eigenvalue weighted by Crippen LogP contribution is 1.92. The van der Waals surface area contributed by atoms with E-state index < -0.39 is 0 Å². The van der Waals surface area contributed by atoms with E-state index in [4.69, 9.17) is 12.2 Å². The maximum absolute atomic E-state index is 4.91. The van der Waals surface area contributed by atoms with Crippen LogP contribution in [0.3, 0.4) is 0 Å². The average Bonchev–Trinajstić information content (AvgIpc) is 2.16. The normalized spacial score (nSPS) is 9.38. The molecule has 70 valence electrons.